The van der Waals surface area contributed by atoms with Crippen LogP contribution in [0.5, 0.6) is 0 Å². The fourth-order valence-electron chi connectivity index (χ4n) is 1.08. The Kier molecular flexibility index (Phi) is 5.36. The zero-order valence-electron chi connectivity index (χ0n) is 9.13. The molecule has 0 aromatic carbocycles. The number of pyridine rings is 1. The van der Waals surface area contributed by atoms with Gasteiger partial charge in [-0.3, -0.25) is 4.79 Å². The van der Waals surface area contributed by atoms with Gasteiger partial charge in [0.2, 0.25) is 0 Å². The predicted octanol–water partition coefficient (Wildman–Crippen LogP) is 2.04. The summed E-state index contributed by atoms with van der Waals surface area (Å²) in [6, 6.07) is 2.99. The Morgan fingerprint density at radius 3 is 2.83 bits per heavy atom. The third-order valence-electron chi connectivity index (χ3n) is 1.80. The first kappa shape index (κ1) is 14.7. The van der Waals surface area contributed by atoms with Crippen molar-refractivity contribution in [1.29, 1.82) is 0 Å². The van der Waals surface area contributed by atoms with E-state index in [1.54, 1.807) is 0 Å². The second-order valence-electron chi connectivity index (χ2n) is 3.27. The van der Waals surface area contributed by atoms with E-state index < -0.39 is 18.7 Å². The number of rotatable bonds is 5. The van der Waals surface area contributed by atoms with Crippen molar-refractivity contribution in [3.63, 3.8) is 0 Å². The number of carbonyl (C=O) groups excluding carboxylic acids is 1. The summed E-state index contributed by atoms with van der Waals surface area (Å²) in [7, 11) is 0. The highest BCUT2D eigenvalue weighted by atomic mass is 35.5. The molecule has 8 heteroatoms. The molecular weight excluding hydrogens is 273 g/mol. The molecule has 1 N–H and O–H groups in total. The monoisotopic (exact) mass is 282 g/mol. The first-order valence-corrected chi connectivity index (χ1v) is 5.31. The standard InChI is InChI=1S/C10H10ClF3N2O2/c11-8-7(2-1-3-15-8)9(17)16-4-5-18-6-10(12,13)14/h1-3H,4-6H2,(H,16,17). The van der Waals surface area contributed by atoms with E-state index in [-0.39, 0.29) is 23.9 Å². The van der Waals surface area contributed by atoms with Gasteiger partial charge in [0.05, 0.1) is 12.2 Å². The lowest BCUT2D eigenvalue weighted by Gasteiger charge is -2.08. The van der Waals surface area contributed by atoms with Gasteiger partial charge in [0, 0.05) is 12.7 Å². The van der Waals surface area contributed by atoms with Crippen molar-refractivity contribution in [3.8, 4) is 0 Å². The van der Waals surface area contributed by atoms with Crippen LogP contribution in [0.25, 0.3) is 0 Å². The number of nitrogens with one attached hydrogen (secondary N) is 1. The molecule has 0 bridgehead atoms. The number of nitrogens with zero attached hydrogens (tertiary/aromatic N) is 1. The minimum atomic E-state index is -4.36. The normalized spacial score (nSPS) is 11.3. The molecule has 0 fully saturated rings. The summed E-state index contributed by atoms with van der Waals surface area (Å²) in [5.74, 6) is -0.510. The van der Waals surface area contributed by atoms with Crippen molar-refractivity contribution in [1.82, 2.24) is 10.3 Å². The van der Waals surface area contributed by atoms with Crippen LogP contribution in [0, 0.1) is 0 Å². The molecule has 0 unspecified atom stereocenters. The quantitative estimate of drug-likeness (QED) is 0.664. The minimum absolute atomic E-state index is 0.0335. The van der Waals surface area contributed by atoms with Crippen molar-refractivity contribution < 1.29 is 22.7 Å². The second kappa shape index (κ2) is 6.55. The molecule has 0 saturated carbocycles. The van der Waals surface area contributed by atoms with Crippen molar-refractivity contribution in [2.75, 3.05) is 19.8 Å². The SMILES string of the molecule is O=C(NCCOCC(F)(F)F)c1cccnc1Cl. The van der Waals surface area contributed by atoms with Crippen molar-refractivity contribution >= 4 is 17.5 Å². The molecule has 0 spiro atoms. The van der Waals surface area contributed by atoms with Gasteiger partial charge in [-0.15, -0.1) is 0 Å². The van der Waals surface area contributed by atoms with E-state index in [0.717, 1.165) is 0 Å². The number of aromatic nitrogens is 1. The summed E-state index contributed by atoms with van der Waals surface area (Å²) < 4.78 is 39.5. The Morgan fingerprint density at radius 2 is 2.22 bits per heavy atom. The molecule has 0 saturated heterocycles. The highest BCUT2D eigenvalue weighted by Gasteiger charge is 2.27. The number of ether oxygens (including phenoxy) is 1. The van der Waals surface area contributed by atoms with Crippen LogP contribution in [-0.2, 0) is 4.74 Å². The third kappa shape index (κ3) is 5.33. The highest BCUT2D eigenvalue weighted by Crippen LogP contribution is 2.14. The Morgan fingerprint density at radius 1 is 1.50 bits per heavy atom. The van der Waals surface area contributed by atoms with E-state index in [1.807, 2.05) is 0 Å². The minimum Gasteiger partial charge on any atom is -0.370 e. The van der Waals surface area contributed by atoms with E-state index in [1.165, 1.54) is 18.3 Å². The summed E-state index contributed by atoms with van der Waals surface area (Å²) in [5, 5.41) is 2.40. The molecule has 4 nitrogen and oxygen atoms in total. The van der Waals surface area contributed by atoms with Gasteiger partial charge in [0.1, 0.15) is 11.8 Å². The summed E-state index contributed by atoms with van der Waals surface area (Å²) in [5.41, 5.74) is 0.162. The van der Waals surface area contributed by atoms with E-state index >= 15 is 0 Å². The number of amides is 1. The molecule has 100 valence electrons. The maximum atomic E-state index is 11.7. The lowest BCUT2D eigenvalue weighted by Crippen LogP contribution is -2.29. The van der Waals surface area contributed by atoms with Crippen molar-refractivity contribution in [2.24, 2.45) is 0 Å². The van der Waals surface area contributed by atoms with E-state index in [0.29, 0.717) is 0 Å². The number of carbonyl (C=O) groups is 1. The molecular formula is C10H10ClF3N2O2. The second-order valence-corrected chi connectivity index (χ2v) is 3.62. The smallest absolute Gasteiger partial charge is 0.370 e. The molecule has 0 aliphatic rings. The zero-order valence-corrected chi connectivity index (χ0v) is 9.88. The first-order chi connectivity index (χ1) is 8.40. The number of halogens is 4. The van der Waals surface area contributed by atoms with Crippen LogP contribution in [0.15, 0.2) is 18.3 Å². The molecule has 1 rings (SSSR count). The topological polar surface area (TPSA) is 51.2 Å². The molecule has 0 atom stereocenters. The Labute approximate surface area is 106 Å². The maximum Gasteiger partial charge on any atom is 0.411 e. The highest BCUT2D eigenvalue weighted by molar-refractivity contribution is 6.32. The molecule has 1 aromatic heterocycles. The lowest BCUT2D eigenvalue weighted by atomic mass is 10.3. The summed E-state index contributed by atoms with van der Waals surface area (Å²) in [4.78, 5) is 15.2. The fraction of sp³-hybridized carbons (Fsp3) is 0.400. The molecule has 0 radical (unpaired) electrons. The van der Waals surface area contributed by atoms with Crippen LogP contribution in [0.3, 0.4) is 0 Å². The maximum absolute atomic E-state index is 11.7. The Bertz CT molecular complexity index is 412. The van der Waals surface area contributed by atoms with Gasteiger partial charge >= 0.3 is 6.18 Å². The lowest BCUT2D eigenvalue weighted by molar-refractivity contribution is -0.173. The molecule has 0 aliphatic heterocycles. The summed E-state index contributed by atoms with van der Waals surface area (Å²) in [6.45, 7) is -1.61. The molecule has 0 aliphatic carbocycles. The van der Waals surface area contributed by atoms with Gasteiger partial charge in [-0.25, -0.2) is 4.98 Å². The van der Waals surface area contributed by atoms with Crippen LogP contribution in [-0.4, -0.2) is 36.8 Å². The number of hydrogen-bond donors (Lipinski definition) is 1. The van der Waals surface area contributed by atoms with Crippen molar-refractivity contribution in [3.05, 3.63) is 29.0 Å². The Hall–Kier alpha value is -1.34. The van der Waals surface area contributed by atoms with Crippen LogP contribution in [0.4, 0.5) is 13.2 Å². The average Bonchev–Trinajstić information content (AvgIpc) is 2.27. The van der Waals surface area contributed by atoms with Crippen LogP contribution >= 0.6 is 11.6 Å². The van der Waals surface area contributed by atoms with E-state index in [4.69, 9.17) is 11.6 Å². The van der Waals surface area contributed by atoms with Crippen molar-refractivity contribution in [2.45, 2.75) is 6.18 Å². The van der Waals surface area contributed by atoms with Crippen LogP contribution < -0.4 is 5.32 Å². The summed E-state index contributed by atoms with van der Waals surface area (Å²) >= 11 is 5.67. The fourth-order valence-corrected chi connectivity index (χ4v) is 1.28. The van der Waals surface area contributed by atoms with Gasteiger partial charge in [-0.1, -0.05) is 11.6 Å². The van der Waals surface area contributed by atoms with Crippen LogP contribution in [0.2, 0.25) is 5.15 Å². The van der Waals surface area contributed by atoms with Gasteiger partial charge in [-0.2, -0.15) is 13.2 Å². The largest absolute Gasteiger partial charge is 0.411 e. The van der Waals surface area contributed by atoms with E-state index in [2.05, 4.69) is 15.0 Å². The average molecular weight is 283 g/mol. The number of hydrogen-bond acceptors (Lipinski definition) is 3. The van der Waals surface area contributed by atoms with Crippen LogP contribution in [0.1, 0.15) is 10.4 Å². The molecule has 1 aromatic rings. The molecule has 1 heterocycles. The zero-order chi connectivity index (χ0) is 13.6. The van der Waals surface area contributed by atoms with Gasteiger partial charge in [0.25, 0.3) is 5.91 Å². The van der Waals surface area contributed by atoms with Gasteiger partial charge in [-0.05, 0) is 12.1 Å². The number of alkyl halides is 3. The predicted molar refractivity (Wildman–Crippen MR) is 58.5 cm³/mol. The summed E-state index contributed by atoms with van der Waals surface area (Å²) in [6.07, 6.45) is -2.94. The molecule has 18 heavy (non-hydrogen) atoms. The third-order valence-corrected chi connectivity index (χ3v) is 2.10. The Balaban J connectivity index is 2.28. The van der Waals surface area contributed by atoms with Gasteiger partial charge < -0.3 is 10.1 Å². The molecule has 1 amide bonds. The van der Waals surface area contributed by atoms with Gasteiger partial charge in [0.15, 0.2) is 0 Å². The van der Waals surface area contributed by atoms with E-state index in [9.17, 15) is 18.0 Å². The first-order valence-electron chi connectivity index (χ1n) is 4.93.